The number of nitrogens with one attached hydrogen (secondary N) is 15. The van der Waals surface area contributed by atoms with Gasteiger partial charge in [-0.2, -0.15) is 0 Å². The van der Waals surface area contributed by atoms with E-state index in [2.05, 4.69) is 89.7 Å². The molecule has 0 aromatic heterocycles. The maximum absolute atomic E-state index is 14.4. The van der Waals surface area contributed by atoms with Crippen LogP contribution in [0, 0.1) is 23.7 Å². The lowest BCUT2D eigenvalue weighted by Crippen LogP contribution is -2.61. The molecule has 0 saturated heterocycles. The van der Waals surface area contributed by atoms with Gasteiger partial charge in [-0.05, 0) is 91.9 Å². The van der Waals surface area contributed by atoms with Gasteiger partial charge in [0.25, 0.3) is 0 Å². The van der Waals surface area contributed by atoms with Gasteiger partial charge in [0.05, 0.1) is 38.9 Å². The number of carbonyl (C=O) groups is 21. The minimum absolute atomic E-state index is 0.0246. The predicted octanol–water partition coefficient (Wildman–Crippen LogP) is -8.76. The number of nitrogens with zero attached hydrogens (tertiary/aromatic N) is 2. The quantitative estimate of drug-likeness (QED) is 0.0166. The van der Waals surface area contributed by atoms with Gasteiger partial charge in [-0.3, -0.25) is 106 Å². The number of nitrogens with two attached hydrogens (primary N) is 8. The minimum atomic E-state index is -2.18. The van der Waals surface area contributed by atoms with Crippen molar-refractivity contribution in [2.45, 2.75) is 237 Å². The van der Waals surface area contributed by atoms with Gasteiger partial charge in [-0.25, -0.2) is 4.79 Å². The predicted molar refractivity (Wildman–Crippen MR) is 459 cm³/mol. The molecular formula is C79H125N25O24. The van der Waals surface area contributed by atoms with E-state index < -0.39 is 279 Å². The fourth-order valence-electron chi connectivity index (χ4n) is 12.4. The number of aliphatic imine (C=N–C) groups is 2. The molecule has 15 atom stereocenters. The van der Waals surface area contributed by atoms with Gasteiger partial charge in [0.15, 0.2) is 11.9 Å². The lowest BCUT2D eigenvalue weighted by atomic mass is 9.94. The number of carboxylic acids is 3. The average molecular weight is 1810 g/mol. The van der Waals surface area contributed by atoms with E-state index >= 15 is 0 Å². The number of hydrogen-bond donors (Lipinski definition) is 26. The van der Waals surface area contributed by atoms with Crippen molar-refractivity contribution in [3.63, 3.8) is 0 Å². The van der Waals surface area contributed by atoms with Crippen LogP contribution in [0.1, 0.15) is 158 Å². The summed E-state index contributed by atoms with van der Waals surface area (Å²) in [5.74, 6) is -27.0. The summed E-state index contributed by atoms with van der Waals surface area (Å²) in [5.41, 5.74) is 43.6. The Balaban J connectivity index is 2.41. The smallest absolute Gasteiger partial charge is 0.326 e. The standard InChI is InChI=1S/C79H125N25O24/c1-10-39(7)63(75(125)91-36-59(110)95-52(32-60(111)112)72(122)101-53(33-61(113)114)73(123)99-50(30-42-20-21-43-16-12-13-17-44(43)29-42)70(120)100-51(31-56(83)107)71(121)97-48(77(127)128)19-15-27-89-79(86)87)104-76(126)64(40(8)11-2)103-65(115)41(9)92-69(119)49(28-37(3)4)98-67(117)47(23-25-55(82)106)96-66(116)45(18-14-26-88-78(84)85)94-58(109)35-90-74(124)62(38(5)6)102-68(118)46(22-24-54(81)105)93-57(108)34-80/h12-13,16-17,20-21,29,37-41,45-53,62-64H,10-11,14-15,18-19,22-28,30-36,80H2,1-9H3,(H2,81,105)(H2,82,106)(H2,83,107)(H,90,124)(H,91,125)(H,92,119)(H,93,108)(H,94,109)(H,95,110)(H,96,116)(H,97,121)(H,98,117)(H,99,123)(H,100,120)(H,101,122)(H,102,118)(H,103,115)(H,104,126)(H,111,112)(H,113,114)(H,127,128)(H4,84,85,88)(H4,86,87,89)/t39-,40-,41-,45-,46-,47-,48-,49-,50-,51-,52-,53-,62-,63-,64-/m0/s1. The Bertz CT molecular complexity index is 4330. The number of carboxylic acid groups (broad SMARTS) is 3. The number of benzene rings is 2. The fraction of sp³-hybridized carbons (Fsp3) is 0.582. The molecule has 0 radical (unpaired) electrons. The molecule has 0 unspecified atom stereocenters. The summed E-state index contributed by atoms with van der Waals surface area (Å²) in [6.45, 7) is 11.7. The normalized spacial score (nSPS) is 14.5. The van der Waals surface area contributed by atoms with Crippen LogP contribution in [0.15, 0.2) is 52.4 Å². The van der Waals surface area contributed by atoms with Crippen LogP contribution in [-0.2, 0) is 107 Å². The van der Waals surface area contributed by atoms with Crippen LogP contribution in [-0.4, -0.2) is 263 Å². The van der Waals surface area contributed by atoms with Crippen molar-refractivity contribution >= 4 is 147 Å². The van der Waals surface area contributed by atoms with Crippen LogP contribution >= 0.6 is 0 Å². The molecule has 0 aliphatic heterocycles. The molecule has 49 heteroatoms. The number of fused-ring (bicyclic) bond motifs is 1. The third-order valence-electron chi connectivity index (χ3n) is 19.7. The van der Waals surface area contributed by atoms with Crippen molar-refractivity contribution in [3.05, 3.63) is 48.0 Å². The number of rotatable bonds is 60. The molecule has 49 nitrogen and oxygen atoms in total. The first-order chi connectivity index (χ1) is 60.0. The van der Waals surface area contributed by atoms with E-state index in [1.165, 1.54) is 6.92 Å². The van der Waals surface area contributed by atoms with Gasteiger partial charge < -0.3 is 141 Å². The number of primary amides is 3. The van der Waals surface area contributed by atoms with Crippen LogP contribution in [0.4, 0.5) is 0 Å². The molecule has 18 amide bonds. The Morgan fingerprint density at radius 3 is 1.20 bits per heavy atom. The van der Waals surface area contributed by atoms with Crippen LogP contribution in [0.3, 0.4) is 0 Å². The molecule has 0 aliphatic rings. The molecule has 34 N–H and O–H groups in total. The maximum atomic E-state index is 14.4. The van der Waals surface area contributed by atoms with Gasteiger partial charge in [-0.15, -0.1) is 0 Å². The third kappa shape index (κ3) is 41.7. The Morgan fingerprint density at radius 2 is 0.742 bits per heavy atom. The molecule has 2 rings (SSSR count). The van der Waals surface area contributed by atoms with E-state index in [0.29, 0.717) is 10.9 Å². The monoisotopic (exact) mass is 1810 g/mol. The number of carbonyl (C=O) groups excluding carboxylic acids is 18. The maximum Gasteiger partial charge on any atom is 0.326 e. The molecule has 0 spiro atoms. The molecule has 0 saturated carbocycles. The van der Waals surface area contributed by atoms with E-state index in [9.17, 15) is 116 Å². The van der Waals surface area contributed by atoms with Gasteiger partial charge in [-0.1, -0.05) is 111 Å². The zero-order valence-corrected chi connectivity index (χ0v) is 72.9. The molecule has 0 bridgehead atoms. The Kier molecular flexibility index (Phi) is 48.3. The minimum Gasteiger partial charge on any atom is -0.481 e. The number of amides is 18. The first kappa shape index (κ1) is 110. The third-order valence-corrected chi connectivity index (χ3v) is 19.7. The fourth-order valence-corrected chi connectivity index (χ4v) is 12.4. The van der Waals surface area contributed by atoms with Crippen LogP contribution in [0.2, 0.25) is 0 Å². The number of aliphatic carboxylic acids is 3. The van der Waals surface area contributed by atoms with Crippen LogP contribution in [0.5, 0.6) is 0 Å². The SMILES string of the molecule is CC[C@H](C)[C@H](NC(=O)[C@H](C)NC(=O)[C@H](CC(C)C)NC(=O)[C@H](CCC(N)=O)NC(=O)[C@H](CCCN=C(N)N)NC(=O)CNC(=O)[C@@H](NC(=O)[C@H](CCC(N)=O)NC(=O)CN)C(C)C)C(=O)N[C@H](C(=O)NCC(=O)N[C@@H](CC(=O)O)C(=O)N[C@@H](CC(=O)O)C(=O)N[C@@H](Cc1ccc2ccccc2c1)C(=O)N[C@@H](CC(N)=O)C(=O)N[C@@H](CCCN=C(N)N)C(=O)O)[C@@H](C)CC. The van der Waals surface area contributed by atoms with E-state index in [-0.39, 0.29) is 88.7 Å². The van der Waals surface area contributed by atoms with Crippen molar-refractivity contribution in [2.75, 3.05) is 32.7 Å². The molecule has 0 aliphatic carbocycles. The van der Waals surface area contributed by atoms with Crippen molar-refractivity contribution < 1.29 is 116 Å². The highest BCUT2D eigenvalue weighted by Crippen LogP contribution is 2.19. The summed E-state index contributed by atoms with van der Waals surface area (Å²) in [5, 5.41) is 66.8. The molecule has 710 valence electrons. The van der Waals surface area contributed by atoms with E-state index in [0.717, 1.165) is 5.39 Å². The Hall–Kier alpha value is -13.9. The largest absolute Gasteiger partial charge is 0.481 e. The molecular weight excluding hydrogens is 1680 g/mol. The zero-order chi connectivity index (χ0) is 96.9. The van der Waals surface area contributed by atoms with Gasteiger partial charge in [0.1, 0.15) is 78.5 Å². The summed E-state index contributed by atoms with van der Waals surface area (Å²) >= 11 is 0. The zero-order valence-electron chi connectivity index (χ0n) is 72.9. The second kappa shape index (κ2) is 56.1. The van der Waals surface area contributed by atoms with E-state index in [4.69, 9.17) is 45.9 Å². The number of guanidine groups is 2. The average Bonchev–Trinajstić information content (AvgIpc) is 0.823. The summed E-state index contributed by atoms with van der Waals surface area (Å²) in [6, 6.07) is -9.69. The van der Waals surface area contributed by atoms with Gasteiger partial charge >= 0.3 is 17.9 Å². The lowest BCUT2D eigenvalue weighted by Gasteiger charge is -2.30. The van der Waals surface area contributed by atoms with E-state index in [1.54, 1.807) is 97.9 Å². The van der Waals surface area contributed by atoms with Crippen molar-refractivity contribution in [1.82, 2.24) is 79.8 Å². The second-order valence-corrected chi connectivity index (χ2v) is 31.2. The highest BCUT2D eigenvalue weighted by atomic mass is 16.4. The van der Waals surface area contributed by atoms with E-state index in [1.807, 2.05) is 0 Å². The molecule has 0 heterocycles. The molecule has 2 aromatic carbocycles. The van der Waals surface area contributed by atoms with Crippen LogP contribution < -0.4 is 126 Å². The highest BCUT2D eigenvalue weighted by Gasteiger charge is 2.40. The highest BCUT2D eigenvalue weighted by molar-refractivity contribution is 6.02. The van der Waals surface area contributed by atoms with Crippen LogP contribution in [0.25, 0.3) is 10.8 Å². The summed E-state index contributed by atoms with van der Waals surface area (Å²) < 4.78 is 0. The lowest BCUT2D eigenvalue weighted by molar-refractivity contribution is -0.143. The first-order valence-corrected chi connectivity index (χ1v) is 41.3. The second-order valence-electron chi connectivity index (χ2n) is 31.2. The number of hydrogen-bond acceptors (Lipinski definition) is 24. The van der Waals surface area contributed by atoms with Crippen molar-refractivity contribution in [3.8, 4) is 0 Å². The van der Waals surface area contributed by atoms with Gasteiger partial charge in [0, 0.05) is 32.4 Å². The topological polar surface area (TPSA) is 832 Å². The summed E-state index contributed by atoms with van der Waals surface area (Å²) in [7, 11) is 0. The summed E-state index contributed by atoms with van der Waals surface area (Å²) in [4.78, 5) is 289. The van der Waals surface area contributed by atoms with Crippen molar-refractivity contribution in [2.24, 2.45) is 79.5 Å². The van der Waals surface area contributed by atoms with Crippen molar-refractivity contribution in [1.29, 1.82) is 0 Å². The molecule has 2 aromatic rings. The molecule has 0 fully saturated rings. The Morgan fingerprint density at radius 1 is 0.367 bits per heavy atom. The Labute approximate surface area is 737 Å². The molecule has 128 heavy (non-hydrogen) atoms. The first-order valence-electron chi connectivity index (χ1n) is 41.3. The van der Waals surface area contributed by atoms with Gasteiger partial charge in [0.2, 0.25) is 106 Å². The summed E-state index contributed by atoms with van der Waals surface area (Å²) in [6.07, 6.45) is -5.52.